The zero-order chi connectivity index (χ0) is 8.55. The molecule has 0 atom stereocenters. The lowest BCUT2D eigenvalue weighted by Crippen LogP contribution is -1.76. The lowest BCUT2D eigenvalue weighted by atomic mass is 10.2. The number of nitrogens with zero attached hydrogens (tertiary/aromatic N) is 2. The molecule has 0 saturated heterocycles. The van der Waals surface area contributed by atoms with Crippen LogP contribution in [0.4, 0.5) is 0 Å². The normalized spacial score (nSPS) is 10.0. The molecule has 0 aliphatic rings. The van der Waals surface area contributed by atoms with Crippen molar-refractivity contribution < 1.29 is 0 Å². The van der Waals surface area contributed by atoms with Gasteiger partial charge in [0, 0.05) is 0 Å². The van der Waals surface area contributed by atoms with Gasteiger partial charge < -0.3 is 4.98 Å². The van der Waals surface area contributed by atoms with E-state index in [1.54, 1.807) is 12.1 Å². The van der Waals surface area contributed by atoms with Crippen molar-refractivity contribution in [3.05, 3.63) is 29.0 Å². The van der Waals surface area contributed by atoms with Crippen molar-refractivity contribution in [2.45, 2.75) is 0 Å². The predicted molar refractivity (Wildman–Crippen MR) is 45.8 cm³/mol. The number of imidazole rings is 1. The van der Waals surface area contributed by atoms with Gasteiger partial charge >= 0.3 is 0 Å². The fraction of sp³-hybridized carbons (Fsp3) is 0. The van der Waals surface area contributed by atoms with Crippen LogP contribution in [-0.2, 0) is 0 Å². The van der Waals surface area contributed by atoms with E-state index < -0.39 is 0 Å². The molecule has 12 heavy (non-hydrogen) atoms. The number of fused-ring (bicyclic) bond motifs is 1. The van der Waals surface area contributed by atoms with Gasteiger partial charge in [-0.1, -0.05) is 6.07 Å². The average Bonchev–Trinajstić information content (AvgIpc) is 2.44. The lowest BCUT2D eigenvalue weighted by Gasteiger charge is -1.87. The molecule has 0 amide bonds. The fourth-order valence-electron chi connectivity index (χ4n) is 1.09. The summed E-state index contributed by atoms with van der Waals surface area (Å²) in [6.45, 7) is 0. The van der Waals surface area contributed by atoms with E-state index in [4.69, 9.17) is 16.9 Å². The molecule has 58 valence electrons. The van der Waals surface area contributed by atoms with Gasteiger partial charge in [0.2, 0.25) is 5.28 Å². The van der Waals surface area contributed by atoms with Crippen LogP contribution in [0.1, 0.15) is 5.56 Å². The molecule has 1 N–H and O–H groups in total. The highest BCUT2D eigenvalue weighted by atomic mass is 35.5. The summed E-state index contributed by atoms with van der Waals surface area (Å²) in [6.07, 6.45) is 0. The van der Waals surface area contributed by atoms with E-state index in [1.165, 1.54) is 0 Å². The van der Waals surface area contributed by atoms with Crippen LogP contribution < -0.4 is 0 Å². The first-order valence-corrected chi connectivity index (χ1v) is 3.73. The number of nitrogens with one attached hydrogen (secondary N) is 1. The smallest absolute Gasteiger partial charge is 0.201 e. The SMILES string of the molecule is N#Cc1cccc2[nH]c(Cl)nc12. The van der Waals surface area contributed by atoms with Crippen LogP contribution in [-0.4, -0.2) is 9.97 Å². The van der Waals surface area contributed by atoms with E-state index >= 15 is 0 Å². The first kappa shape index (κ1) is 7.14. The number of H-pyrrole nitrogens is 1. The summed E-state index contributed by atoms with van der Waals surface area (Å²) in [5.41, 5.74) is 1.96. The van der Waals surface area contributed by atoms with Gasteiger partial charge in [-0.15, -0.1) is 0 Å². The van der Waals surface area contributed by atoms with Crippen LogP contribution in [0.5, 0.6) is 0 Å². The molecule has 1 heterocycles. The van der Waals surface area contributed by atoms with Crippen LogP contribution in [0, 0.1) is 11.3 Å². The van der Waals surface area contributed by atoms with Crippen molar-refractivity contribution in [3.63, 3.8) is 0 Å². The zero-order valence-corrected chi connectivity index (χ0v) is 6.76. The summed E-state index contributed by atoms with van der Waals surface area (Å²) in [5, 5.41) is 9.01. The molecule has 0 saturated carbocycles. The second kappa shape index (κ2) is 2.50. The largest absolute Gasteiger partial charge is 0.329 e. The van der Waals surface area contributed by atoms with Crippen molar-refractivity contribution >= 4 is 22.6 Å². The first-order valence-electron chi connectivity index (χ1n) is 3.35. The third kappa shape index (κ3) is 0.936. The summed E-state index contributed by atoms with van der Waals surface area (Å²) in [7, 11) is 0. The third-order valence-corrected chi connectivity index (χ3v) is 1.78. The van der Waals surface area contributed by atoms with E-state index in [2.05, 4.69) is 9.97 Å². The second-order valence-corrected chi connectivity index (χ2v) is 2.70. The highest BCUT2D eigenvalue weighted by molar-refractivity contribution is 6.29. The maximum Gasteiger partial charge on any atom is 0.201 e. The Labute approximate surface area is 73.6 Å². The molecule has 0 radical (unpaired) electrons. The van der Waals surface area contributed by atoms with Crippen LogP contribution in [0.3, 0.4) is 0 Å². The molecule has 0 unspecified atom stereocenters. The van der Waals surface area contributed by atoms with Crippen molar-refractivity contribution in [3.8, 4) is 6.07 Å². The summed E-state index contributed by atoms with van der Waals surface area (Å²) >= 11 is 5.64. The van der Waals surface area contributed by atoms with Crippen LogP contribution in [0.25, 0.3) is 11.0 Å². The molecule has 2 rings (SSSR count). The number of aromatic nitrogens is 2. The Balaban J connectivity index is 2.89. The molecular formula is C8H4ClN3. The summed E-state index contributed by atoms with van der Waals surface area (Å²) < 4.78 is 0. The monoisotopic (exact) mass is 177 g/mol. The number of aromatic amines is 1. The molecule has 0 spiro atoms. The summed E-state index contributed by atoms with van der Waals surface area (Å²) in [4.78, 5) is 6.81. The van der Waals surface area contributed by atoms with E-state index in [-0.39, 0.29) is 0 Å². The molecule has 0 bridgehead atoms. The van der Waals surface area contributed by atoms with Crippen molar-refractivity contribution in [1.29, 1.82) is 5.26 Å². The molecule has 4 heteroatoms. The van der Waals surface area contributed by atoms with Crippen LogP contribution in [0.2, 0.25) is 5.28 Å². The third-order valence-electron chi connectivity index (χ3n) is 1.60. The van der Waals surface area contributed by atoms with Crippen molar-refractivity contribution in [2.24, 2.45) is 0 Å². The van der Waals surface area contributed by atoms with Gasteiger partial charge in [0.15, 0.2) is 0 Å². The average molecular weight is 178 g/mol. The van der Waals surface area contributed by atoms with Gasteiger partial charge in [0.25, 0.3) is 0 Å². The molecule has 1 aromatic carbocycles. The first-order chi connectivity index (χ1) is 5.81. The Morgan fingerprint density at radius 1 is 1.50 bits per heavy atom. The number of halogens is 1. The lowest BCUT2D eigenvalue weighted by molar-refractivity contribution is 1.34. The number of benzene rings is 1. The number of hydrogen-bond acceptors (Lipinski definition) is 2. The number of rotatable bonds is 0. The van der Waals surface area contributed by atoms with Gasteiger partial charge in [0.1, 0.15) is 11.6 Å². The summed E-state index contributed by atoms with van der Waals surface area (Å²) in [5.74, 6) is 0. The Morgan fingerprint density at radius 3 is 3.08 bits per heavy atom. The highest BCUT2D eigenvalue weighted by Gasteiger charge is 2.03. The predicted octanol–water partition coefficient (Wildman–Crippen LogP) is 2.09. The Bertz CT molecular complexity index is 467. The minimum absolute atomic E-state index is 0.313. The van der Waals surface area contributed by atoms with Gasteiger partial charge in [-0.2, -0.15) is 5.26 Å². The molecule has 2 aromatic rings. The molecule has 0 fully saturated rings. The minimum atomic E-state index is 0.313. The quantitative estimate of drug-likeness (QED) is 0.670. The number of para-hydroxylation sites is 1. The van der Waals surface area contributed by atoms with Gasteiger partial charge in [-0.05, 0) is 23.7 Å². The van der Waals surface area contributed by atoms with E-state index in [0.717, 1.165) is 5.52 Å². The standard InChI is InChI=1S/C8H4ClN3/c9-8-11-6-3-1-2-5(4-10)7(6)12-8/h1-3H,(H,11,12). The van der Waals surface area contributed by atoms with E-state index in [0.29, 0.717) is 16.4 Å². The Morgan fingerprint density at radius 2 is 2.33 bits per heavy atom. The maximum atomic E-state index is 8.70. The molecule has 1 aromatic heterocycles. The Kier molecular flexibility index (Phi) is 1.49. The second-order valence-electron chi connectivity index (χ2n) is 2.34. The van der Waals surface area contributed by atoms with Gasteiger partial charge in [-0.3, -0.25) is 0 Å². The topological polar surface area (TPSA) is 52.5 Å². The van der Waals surface area contributed by atoms with Gasteiger partial charge in [-0.25, -0.2) is 4.98 Å². The van der Waals surface area contributed by atoms with Crippen LogP contribution >= 0.6 is 11.6 Å². The highest BCUT2D eigenvalue weighted by Crippen LogP contribution is 2.17. The fourth-order valence-corrected chi connectivity index (χ4v) is 1.28. The van der Waals surface area contributed by atoms with E-state index in [9.17, 15) is 0 Å². The molecule has 0 aliphatic carbocycles. The molecule has 0 aliphatic heterocycles. The number of nitriles is 1. The summed E-state index contributed by atoms with van der Waals surface area (Å²) in [6, 6.07) is 7.37. The number of hydrogen-bond donors (Lipinski definition) is 1. The Hall–Kier alpha value is -1.53. The van der Waals surface area contributed by atoms with Crippen molar-refractivity contribution in [2.75, 3.05) is 0 Å². The maximum absolute atomic E-state index is 8.70. The zero-order valence-electron chi connectivity index (χ0n) is 6.00. The van der Waals surface area contributed by atoms with Crippen molar-refractivity contribution in [1.82, 2.24) is 9.97 Å². The van der Waals surface area contributed by atoms with Crippen LogP contribution in [0.15, 0.2) is 18.2 Å². The molecular weight excluding hydrogens is 174 g/mol. The van der Waals surface area contributed by atoms with Gasteiger partial charge in [0.05, 0.1) is 11.1 Å². The van der Waals surface area contributed by atoms with E-state index in [1.807, 2.05) is 12.1 Å². The molecule has 3 nitrogen and oxygen atoms in total. The minimum Gasteiger partial charge on any atom is -0.329 e.